The van der Waals surface area contributed by atoms with E-state index in [2.05, 4.69) is 5.32 Å². The number of nitrogens with zero attached hydrogens (tertiary/aromatic N) is 3. The molecule has 0 aliphatic carbocycles. The topological polar surface area (TPSA) is 145 Å². The molecule has 1 amide bonds. The molecule has 1 aromatic heterocycles. The van der Waals surface area contributed by atoms with Crippen molar-refractivity contribution in [1.82, 2.24) is 14.1 Å². The molecule has 3 aromatic rings. The number of hydrogen-bond donors (Lipinski definition) is 3. The standard InChI is InChI=1S/C25H29ClN4O7/c1-4-37-30-24(36)29(23(35)28(30)13-17-8-6-5-7-9-17)20(21(33)25(3,14-31)15-32)22(34)27-19-12-16(2)10-11-18(19)26/h5-12,20,31-32H,4,13-15H2,1-3H3,(H,27,34). The zero-order valence-electron chi connectivity index (χ0n) is 20.7. The van der Waals surface area contributed by atoms with Crippen LogP contribution in [-0.2, 0) is 16.1 Å². The number of ketones is 1. The lowest BCUT2D eigenvalue weighted by molar-refractivity contribution is -0.140. The maximum atomic E-state index is 13.6. The van der Waals surface area contributed by atoms with Crippen LogP contribution in [0.1, 0.15) is 31.0 Å². The molecule has 1 heterocycles. The van der Waals surface area contributed by atoms with E-state index in [0.29, 0.717) is 15.0 Å². The Balaban J connectivity index is 2.21. The summed E-state index contributed by atoms with van der Waals surface area (Å²) in [5, 5.41) is 22.4. The molecule has 0 saturated heterocycles. The van der Waals surface area contributed by atoms with Crippen LogP contribution >= 0.6 is 11.6 Å². The predicted molar refractivity (Wildman–Crippen MR) is 137 cm³/mol. The molecule has 12 heteroatoms. The van der Waals surface area contributed by atoms with Crippen molar-refractivity contribution in [2.45, 2.75) is 33.4 Å². The smallest absolute Gasteiger partial charge is 0.382 e. The van der Waals surface area contributed by atoms with Crippen LogP contribution in [0.25, 0.3) is 0 Å². The third-order valence-corrected chi connectivity index (χ3v) is 6.20. The number of amides is 1. The van der Waals surface area contributed by atoms with Gasteiger partial charge in [0.15, 0.2) is 11.8 Å². The van der Waals surface area contributed by atoms with E-state index in [1.165, 1.54) is 6.92 Å². The molecule has 37 heavy (non-hydrogen) atoms. The van der Waals surface area contributed by atoms with Crippen LogP contribution in [0.5, 0.6) is 0 Å². The molecular weight excluding hydrogens is 504 g/mol. The number of Topliss-reactive ketones (excluding diaryl/α,β-unsaturated/α-hetero) is 1. The summed E-state index contributed by atoms with van der Waals surface area (Å²) in [4.78, 5) is 60.2. The van der Waals surface area contributed by atoms with E-state index in [4.69, 9.17) is 16.4 Å². The number of aromatic nitrogens is 3. The lowest BCUT2D eigenvalue weighted by Gasteiger charge is -2.27. The second-order valence-electron chi connectivity index (χ2n) is 8.79. The highest BCUT2D eigenvalue weighted by atomic mass is 35.5. The molecule has 0 fully saturated rings. The first-order chi connectivity index (χ1) is 17.6. The van der Waals surface area contributed by atoms with Crippen molar-refractivity contribution in [3.8, 4) is 0 Å². The fourth-order valence-corrected chi connectivity index (χ4v) is 3.83. The zero-order valence-corrected chi connectivity index (χ0v) is 21.4. The number of nitrogens with one attached hydrogen (secondary N) is 1. The normalized spacial score (nSPS) is 12.3. The van der Waals surface area contributed by atoms with E-state index in [0.717, 1.165) is 10.2 Å². The second kappa shape index (κ2) is 11.6. The van der Waals surface area contributed by atoms with Crippen molar-refractivity contribution in [1.29, 1.82) is 0 Å². The average molecular weight is 533 g/mol. The Bertz CT molecular complexity index is 1390. The minimum absolute atomic E-state index is 0.00680. The van der Waals surface area contributed by atoms with Gasteiger partial charge in [-0.3, -0.25) is 9.59 Å². The van der Waals surface area contributed by atoms with Gasteiger partial charge in [0.2, 0.25) is 0 Å². The van der Waals surface area contributed by atoms with Gasteiger partial charge in [-0.25, -0.2) is 14.2 Å². The highest BCUT2D eigenvalue weighted by Gasteiger charge is 2.44. The first-order valence-corrected chi connectivity index (χ1v) is 11.9. The fourth-order valence-electron chi connectivity index (χ4n) is 3.66. The molecule has 3 N–H and O–H groups in total. The zero-order chi connectivity index (χ0) is 27.3. The molecule has 2 aromatic carbocycles. The SMILES string of the molecule is CCOn1c(=O)n(C(C(=O)Nc2cc(C)ccc2Cl)C(=O)C(C)(CO)CO)c(=O)n1Cc1ccccc1. The predicted octanol–water partition coefficient (Wildman–Crippen LogP) is 1.01. The summed E-state index contributed by atoms with van der Waals surface area (Å²) in [6.45, 7) is 2.83. The van der Waals surface area contributed by atoms with Gasteiger partial charge in [-0.1, -0.05) is 52.8 Å². The summed E-state index contributed by atoms with van der Waals surface area (Å²) in [5.74, 6) is -2.09. The van der Waals surface area contributed by atoms with Gasteiger partial charge in [-0.05, 0) is 44.0 Å². The minimum Gasteiger partial charge on any atom is -0.395 e. The van der Waals surface area contributed by atoms with Crippen molar-refractivity contribution in [3.05, 3.63) is 85.6 Å². The van der Waals surface area contributed by atoms with Gasteiger partial charge < -0.3 is 20.4 Å². The van der Waals surface area contributed by atoms with E-state index in [1.807, 2.05) is 0 Å². The van der Waals surface area contributed by atoms with Crippen LogP contribution in [0.3, 0.4) is 0 Å². The highest BCUT2D eigenvalue weighted by Crippen LogP contribution is 2.27. The number of aliphatic hydroxyl groups excluding tert-OH is 2. The molecule has 0 spiro atoms. The van der Waals surface area contributed by atoms with Crippen LogP contribution in [0.15, 0.2) is 58.1 Å². The molecule has 0 aliphatic heterocycles. The molecule has 0 bridgehead atoms. The molecule has 3 rings (SSSR count). The van der Waals surface area contributed by atoms with Gasteiger partial charge in [0.05, 0.1) is 35.9 Å². The monoisotopic (exact) mass is 532 g/mol. The Morgan fingerprint density at radius 3 is 2.32 bits per heavy atom. The maximum absolute atomic E-state index is 13.6. The van der Waals surface area contributed by atoms with Gasteiger partial charge in [0.25, 0.3) is 5.91 Å². The third kappa shape index (κ3) is 5.68. The Hall–Kier alpha value is -3.67. The Morgan fingerprint density at radius 1 is 1.08 bits per heavy atom. The number of carbonyl (C=O) groups excluding carboxylic acids is 2. The van der Waals surface area contributed by atoms with Crippen molar-refractivity contribution >= 4 is 29.0 Å². The Labute approximate surface area is 217 Å². The molecule has 0 aliphatic rings. The van der Waals surface area contributed by atoms with Gasteiger partial charge in [-0.15, -0.1) is 0 Å². The number of aryl methyl sites for hydroxylation is 1. The van der Waals surface area contributed by atoms with Crippen molar-refractivity contribution in [3.63, 3.8) is 0 Å². The van der Waals surface area contributed by atoms with E-state index in [9.17, 15) is 29.4 Å². The van der Waals surface area contributed by atoms with Gasteiger partial charge in [0, 0.05) is 0 Å². The van der Waals surface area contributed by atoms with Gasteiger partial charge in [0.1, 0.15) is 6.61 Å². The third-order valence-electron chi connectivity index (χ3n) is 5.87. The molecule has 198 valence electrons. The molecule has 1 atom stereocenters. The number of rotatable bonds is 11. The molecule has 0 saturated carbocycles. The van der Waals surface area contributed by atoms with E-state index in [-0.39, 0.29) is 23.9 Å². The van der Waals surface area contributed by atoms with Crippen LogP contribution in [0, 0.1) is 12.3 Å². The van der Waals surface area contributed by atoms with Crippen molar-refractivity contribution in [2.75, 3.05) is 25.1 Å². The number of aliphatic hydroxyl groups is 2. The largest absolute Gasteiger partial charge is 0.395 e. The summed E-state index contributed by atoms with van der Waals surface area (Å²) in [6, 6.07) is 11.5. The quantitative estimate of drug-likeness (QED) is 0.312. The molecule has 0 radical (unpaired) electrons. The summed E-state index contributed by atoms with van der Waals surface area (Å²) in [7, 11) is 0. The lowest BCUT2D eigenvalue weighted by atomic mass is 9.83. The van der Waals surface area contributed by atoms with Crippen molar-refractivity contribution in [2.24, 2.45) is 5.41 Å². The highest BCUT2D eigenvalue weighted by molar-refractivity contribution is 6.34. The van der Waals surface area contributed by atoms with Crippen molar-refractivity contribution < 1.29 is 24.6 Å². The van der Waals surface area contributed by atoms with Crippen LogP contribution in [-0.4, -0.2) is 55.8 Å². The Kier molecular flexibility index (Phi) is 8.74. The van der Waals surface area contributed by atoms with Crippen LogP contribution < -0.4 is 21.5 Å². The minimum atomic E-state index is -2.05. The fraction of sp³-hybridized carbons (Fsp3) is 0.360. The Morgan fingerprint density at radius 2 is 1.73 bits per heavy atom. The maximum Gasteiger partial charge on any atom is 0.382 e. The summed E-state index contributed by atoms with van der Waals surface area (Å²) < 4.78 is 1.42. The van der Waals surface area contributed by atoms with E-state index < -0.39 is 47.7 Å². The van der Waals surface area contributed by atoms with Crippen LogP contribution in [0.2, 0.25) is 5.02 Å². The number of carbonyl (C=O) groups is 2. The average Bonchev–Trinajstić information content (AvgIpc) is 3.11. The first kappa shape index (κ1) is 27.9. The molecule has 1 unspecified atom stereocenters. The van der Waals surface area contributed by atoms with Gasteiger partial charge >= 0.3 is 11.4 Å². The number of benzene rings is 2. The first-order valence-electron chi connectivity index (χ1n) is 11.5. The van der Waals surface area contributed by atoms with E-state index >= 15 is 0 Å². The van der Waals surface area contributed by atoms with Gasteiger partial charge in [-0.2, -0.15) is 4.68 Å². The number of anilines is 1. The summed E-state index contributed by atoms with van der Waals surface area (Å²) >= 11 is 6.20. The number of hydrogen-bond acceptors (Lipinski definition) is 7. The van der Waals surface area contributed by atoms with E-state index in [1.54, 1.807) is 62.4 Å². The molecular formula is C25H29ClN4O7. The second-order valence-corrected chi connectivity index (χ2v) is 9.19. The van der Waals surface area contributed by atoms with Crippen LogP contribution in [0.4, 0.5) is 5.69 Å². The lowest BCUT2D eigenvalue weighted by Crippen LogP contribution is -2.50. The summed E-state index contributed by atoms with van der Waals surface area (Å²) in [5.41, 5.74) is -2.36. The number of halogens is 1. The molecule has 11 nitrogen and oxygen atoms in total. The summed E-state index contributed by atoms with van der Waals surface area (Å²) in [6.07, 6.45) is 0.